The summed E-state index contributed by atoms with van der Waals surface area (Å²) in [6.07, 6.45) is 2.83. The zero-order chi connectivity index (χ0) is 15.2. The van der Waals surface area contributed by atoms with Crippen LogP contribution in [0.5, 0.6) is 5.75 Å². The maximum atomic E-state index is 12.8. The molecule has 108 valence electrons. The molecule has 0 aliphatic rings. The molecule has 0 saturated heterocycles. The molecule has 0 aliphatic heterocycles. The van der Waals surface area contributed by atoms with Gasteiger partial charge in [-0.15, -0.1) is 0 Å². The van der Waals surface area contributed by atoms with Crippen LogP contribution in [-0.2, 0) is 11.4 Å². The third kappa shape index (κ3) is 4.35. The van der Waals surface area contributed by atoms with Gasteiger partial charge in [0.05, 0.1) is 5.69 Å². The molecular weight excluding hydrogens is 271 g/mol. The monoisotopic (exact) mass is 286 g/mol. The standard InChI is InChI=1S/C16H15FN2O2/c17-13-5-1-12(2-6-13)10-21-15-7-3-11(9-14(15)18)4-8-16(19)20/h1-9H,10,18H2,(H2,19,20)/b8-4-. The van der Waals surface area contributed by atoms with Crippen molar-refractivity contribution in [1.29, 1.82) is 0 Å². The van der Waals surface area contributed by atoms with Gasteiger partial charge in [0.15, 0.2) is 0 Å². The second kappa shape index (κ2) is 6.56. The Kier molecular flexibility index (Phi) is 4.56. The van der Waals surface area contributed by atoms with Crippen molar-refractivity contribution in [2.45, 2.75) is 6.61 Å². The number of benzene rings is 2. The maximum Gasteiger partial charge on any atom is 0.241 e. The van der Waals surface area contributed by atoms with E-state index in [2.05, 4.69) is 0 Å². The van der Waals surface area contributed by atoms with Gasteiger partial charge < -0.3 is 16.2 Å². The summed E-state index contributed by atoms with van der Waals surface area (Å²) in [5.74, 6) is -0.287. The molecule has 0 radical (unpaired) electrons. The maximum absolute atomic E-state index is 12.8. The summed E-state index contributed by atoms with van der Waals surface area (Å²) in [6.45, 7) is 0.293. The topological polar surface area (TPSA) is 78.3 Å². The van der Waals surface area contributed by atoms with E-state index in [0.29, 0.717) is 18.0 Å². The highest BCUT2D eigenvalue weighted by atomic mass is 19.1. The first kappa shape index (κ1) is 14.6. The Labute approximate surface area is 121 Å². The molecule has 2 aromatic carbocycles. The minimum absolute atomic E-state index is 0.288. The lowest BCUT2D eigenvalue weighted by Gasteiger charge is -2.09. The van der Waals surface area contributed by atoms with Gasteiger partial charge in [-0.3, -0.25) is 4.79 Å². The number of halogens is 1. The highest BCUT2D eigenvalue weighted by Gasteiger charge is 2.02. The number of rotatable bonds is 5. The molecule has 1 amide bonds. The van der Waals surface area contributed by atoms with Crippen LogP contribution < -0.4 is 16.2 Å². The molecule has 0 atom stereocenters. The molecule has 0 unspecified atom stereocenters. The number of carbonyl (C=O) groups is 1. The van der Waals surface area contributed by atoms with E-state index in [1.807, 2.05) is 0 Å². The van der Waals surface area contributed by atoms with Crippen molar-refractivity contribution in [3.05, 3.63) is 65.5 Å². The fourth-order valence-corrected chi connectivity index (χ4v) is 1.72. The lowest BCUT2D eigenvalue weighted by atomic mass is 10.1. The predicted octanol–water partition coefficient (Wildman–Crippen LogP) is 2.49. The molecule has 21 heavy (non-hydrogen) atoms. The van der Waals surface area contributed by atoms with E-state index in [-0.39, 0.29) is 5.82 Å². The summed E-state index contributed by atoms with van der Waals surface area (Å²) in [5.41, 5.74) is 12.9. The minimum atomic E-state index is -0.523. The Hall–Kier alpha value is -2.82. The van der Waals surface area contributed by atoms with Gasteiger partial charge in [-0.2, -0.15) is 0 Å². The lowest BCUT2D eigenvalue weighted by molar-refractivity contribution is -0.113. The van der Waals surface area contributed by atoms with Crippen molar-refractivity contribution in [2.24, 2.45) is 5.73 Å². The number of carbonyl (C=O) groups excluding carboxylic acids is 1. The fourth-order valence-electron chi connectivity index (χ4n) is 1.72. The van der Waals surface area contributed by atoms with Gasteiger partial charge in [0.25, 0.3) is 0 Å². The zero-order valence-corrected chi connectivity index (χ0v) is 11.3. The molecule has 4 N–H and O–H groups in total. The van der Waals surface area contributed by atoms with E-state index < -0.39 is 5.91 Å². The first-order valence-electron chi connectivity index (χ1n) is 6.29. The number of hydrogen-bond acceptors (Lipinski definition) is 3. The van der Waals surface area contributed by atoms with E-state index in [1.54, 1.807) is 36.4 Å². The smallest absolute Gasteiger partial charge is 0.241 e. The molecule has 0 aliphatic carbocycles. The molecule has 5 heteroatoms. The van der Waals surface area contributed by atoms with Crippen LogP contribution in [0.1, 0.15) is 11.1 Å². The van der Waals surface area contributed by atoms with Gasteiger partial charge >= 0.3 is 0 Å². The summed E-state index contributed by atoms with van der Waals surface area (Å²) in [7, 11) is 0. The average molecular weight is 286 g/mol. The Balaban J connectivity index is 2.04. The van der Waals surface area contributed by atoms with Gasteiger partial charge in [0, 0.05) is 6.08 Å². The van der Waals surface area contributed by atoms with Crippen LogP contribution in [0, 0.1) is 5.82 Å². The summed E-state index contributed by atoms with van der Waals surface area (Å²) in [5, 5.41) is 0. The Morgan fingerprint density at radius 1 is 1.19 bits per heavy atom. The molecule has 0 saturated carbocycles. The lowest BCUT2D eigenvalue weighted by Crippen LogP contribution is -2.05. The molecule has 0 heterocycles. The number of amides is 1. The quantitative estimate of drug-likeness (QED) is 0.654. The van der Waals surface area contributed by atoms with Crippen LogP contribution in [0.15, 0.2) is 48.5 Å². The third-order valence-electron chi connectivity index (χ3n) is 2.78. The molecule has 0 bridgehead atoms. The van der Waals surface area contributed by atoms with Gasteiger partial charge in [0.2, 0.25) is 5.91 Å². The molecule has 4 nitrogen and oxygen atoms in total. The number of nitrogens with two attached hydrogens (primary N) is 2. The number of ether oxygens (including phenoxy) is 1. The highest BCUT2D eigenvalue weighted by molar-refractivity contribution is 5.90. The normalized spacial score (nSPS) is 10.7. The first-order valence-corrected chi connectivity index (χ1v) is 6.29. The van der Waals surface area contributed by atoms with E-state index in [0.717, 1.165) is 11.1 Å². The summed E-state index contributed by atoms with van der Waals surface area (Å²) in [6, 6.07) is 11.2. The first-order chi connectivity index (χ1) is 10.0. The molecule has 0 fully saturated rings. The summed E-state index contributed by atoms with van der Waals surface area (Å²) in [4.78, 5) is 10.7. The van der Waals surface area contributed by atoms with Gasteiger partial charge in [-0.1, -0.05) is 18.2 Å². The van der Waals surface area contributed by atoms with E-state index in [9.17, 15) is 9.18 Å². The van der Waals surface area contributed by atoms with Crippen LogP contribution in [0.25, 0.3) is 6.08 Å². The summed E-state index contributed by atoms with van der Waals surface area (Å²) >= 11 is 0. The average Bonchev–Trinajstić information content (AvgIpc) is 2.46. The van der Waals surface area contributed by atoms with E-state index in [4.69, 9.17) is 16.2 Å². The number of primary amides is 1. The van der Waals surface area contributed by atoms with Gasteiger partial charge in [0.1, 0.15) is 18.2 Å². The number of hydrogen-bond donors (Lipinski definition) is 2. The number of anilines is 1. The molecule has 2 aromatic rings. The number of nitrogen functional groups attached to an aromatic ring is 1. The second-order valence-corrected chi connectivity index (χ2v) is 4.45. The SMILES string of the molecule is NC(=O)/C=C\c1ccc(OCc2ccc(F)cc2)c(N)c1. The van der Waals surface area contributed by atoms with Crippen molar-refractivity contribution in [1.82, 2.24) is 0 Å². The third-order valence-corrected chi connectivity index (χ3v) is 2.78. The van der Waals surface area contributed by atoms with Crippen LogP contribution in [0.2, 0.25) is 0 Å². The molecule has 2 rings (SSSR count). The summed E-state index contributed by atoms with van der Waals surface area (Å²) < 4.78 is 18.4. The fraction of sp³-hybridized carbons (Fsp3) is 0.0625. The molecule has 0 aromatic heterocycles. The van der Waals surface area contributed by atoms with Crippen molar-refractivity contribution >= 4 is 17.7 Å². The molecular formula is C16H15FN2O2. The van der Waals surface area contributed by atoms with Crippen molar-refractivity contribution in [2.75, 3.05) is 5.73 Å². The van der Waals surface area contributed by atoms with E-state index >= 15 is 0 Å². The Morgan fingerprint density at radius 2 is 1.90 bits per heavy atom. The molecule has 0 spiro atoms. The van der Waals surface area contributed by atoms with E-state index in [1.165, 1.54) is 18.2 Å². The van der Waals surface area contributed by atoms with Crippen LogP contribution in [0.3, 0.4) is 0 Å². The van der Waals surface area contributed by atoms with Crippen molar-refractivity contribution in [3.8, 4) is 5.75 Å². The van der Waals surface area contributed by atoms with Gasteiger partial charge in [-0.25, -0.2) is 4.39 Å². The minimum Gasteiger partial charge on any atom is -0.487 e. The largest absolute Gasteiger partial charge is 0.487 e. The zero-order valence-electron chi connectivity index (χ0n) is 11.3. The van der Waals surface area contributed by atoms with Crippen LogP contribution in [0.4, 0.5) is 10.1 Å². The second-order valence-electron chi connectivity index (χ2n) is 4.45. The van der Waals surface area contributed by atoms with Crippen LogP contribution >= 0.6 is 0 Å². The highest BCUT2D eigenvalue weighted by Crippen LogP contribution is 2.24. The van der Waals surface area contributed by atoms with Crippen molar-refractivity contribution < 1.29 is 13.9 Å². The van der Waals surface area contributed by atoms with Gasteiger partial charge in [-0.05, 0) is 41.5 Å². The Bertz CT molecular complexity index is 666. The predicted molar refractivity (Wildman–Crippen MR) is 79.8 cm³/mol. The Morgan fingerprint density at radius 3 is 2.52 bits per heavy atom. The van der Waals surface area contributed by atoms with Crippen LogP contribution in [-0.4, -0.2) is 5.91 Å². The van der Waals surface area contributed by atoms with Crippen molar-refractivity contribution in [3.63, 3.8) is 0 Å².